The molecule has 0 aliphatic carbocycles. The fourth-order valence-electron chi connectivity index (χ4n) is 1.80. The van der Waals surface area contributed by atoms with E-state index in [0.717, 1.165) is 0 Å². The number of hydrogen-bond donors (Lipinski definition) is 2. The smallest absolute Gasteiger partial charge is 0.407 e. The zero-order valence-electron chi connectivity index (χ0n) is 8.90. The van der Waals surface area contributed by atoms with Gasteiger partial charge in [0.25, 0.3) is 0 Å². The Morgan fingerprint density at radius 1 is 1.56 bits per heavy atom. The van der Waals surface area contributed by atoms with Gasteiger partial charge in [-0.3, -0.25) is 0 Å². The summed E-state index contributed by atoms with van der Waals surface area (Å²) in [6.07, 6.45) is 0.140. The van der Waals surface area contributed by atoms with E-state index in [0.29, 0.717) is 24.3 Å². The van der Waals surface area contributed by atoms with Crippen LogP contribution in [0.2, 0.25) is 0 Å². The van der Waals surface area contributed by atoms with Gasteiger partial charge in [0.15, 0.2) is 0 Å². The number of benzene rings is 1. The number of alkyl carbamates (subject to hydrolysis) is 1. The molecule has 1 fully saturated rings. The van der Waals surface area contributed by atoms with Crippen molar-refractivity contribution < 1.29 is 19.4 Å². The number of phenols is 1. The van der Waals surface area contributed by atoms with Gasteiger partial charge in [-0.25, -0.2) is 4.79 Å². The molecule has 5 nitrogen and oxygen atoms in total. The number of aromatic hydroxyl groups is 1. The Bertz CT molecular complexity index is 405. The molecule has 1 aromatic rings. The first-order chi connectivity index (χ1) is 7.72. The molecule has 0 unspecified atom stereocenters. The minimum Gasteiger partial charge on any atom is -0.507 e. The Balaban J connectivity index is 2.34. The van der Waals surface area contributed by atoms with Crippen LogP contribution < -0.4 is 10.1 Å². The minimum atomic E-state index is -0.471. The molecule has 2 N–H and O–H groups in total. The van der Waals surface area contributed by atoms with Gasteiger partial charge in [0, 0.05) is 6.42 Å². The van der Waals surface area contributed by atoms with Crippen LogP contribution in [0.3, 0.4) is 0 Å². The third-order valence-corrected chi connectivity index (χ3v) is 2.54. The number of carbonyl (C=O) groups excluding carboxylic acids is 1. The van der Waals surface area contributed by atoms with Gasteiger partial charge in [-0.1, -0.05) is 6.07 Å². The molecule has 16 heavy (non-hydrogen) atoms. The number of ether oxygens (including phenoxy) is 2. The number of hydrogen-bond acceptors (Lipinski definition) is 4. The van der Waals surface area contributed by atoms with Gasteiger partial charge in [0.2, 0.25) is 0 Å². The summed E-state index contributed by atoms with van der Waals surface area (Å²) in [5, 5.41) is 12.4. The number of phenolic OH excluding ortho intramolecular Hbond substituents is 1. The van der Waals surface area contributed by atoms with Crippen molar-refractivity contribution >= 4 is 6.09 Å². The zero-order chi connectivity index (χ0) is 11.5. The molecule has 1 aliphatic heterocycles. The van der Waals surface area contributed by atoms with Crippen molar-refractivity contribution in [1.82, 2.24) is 5.32 Å². The molecule has 1 saturated heterocycles. The molecular weight excluding hydrogens is 210 g/mol. The summed E-state index contributed by atoms with van der Waals surface area (Å²) in [7, 11) is 1.53. The lowest BCUT2D eigenvalue weighted by atomic mass is 10.0. The zero-order valence-corrected chi connectivity index (χ0v) is 8.90. The van der Waals surface area contributed by atoms with Crippen molar-refractivity contribution in [3.8, 4) is 11.5 Å². The molecule has 1 atom stereocenters. The molecule has 0 aromatic heterocycles. The molecule has 1 aliphatic rings. The van der Waals surface area contributed by atoms with E-state index in [2.05, 4.69) is 5.32 Å². The Morgan fingerprint density at radius 2 is 2.38 bits per heavy atom. The highest BCUT2D eigenvalue weighted by Gasteiger charge is 2.25. The number of amides is 1. The predicted molar refractivity (Wildman–Crippen MR) is 56.5 cm³/mol. The van der Waals surface area contributed by atoms with E-state index in [1.165, 1.54) is 7.11 Å². The molecule has 1 aromatic carbocycles. The highest BCUT2D eigenvalue weighted by Crippen LogP contribution is 2.35. The average molecular weight is 223 g/mol. The highest BCUT2D eigenvalue weighted by atomic mass is 16.6. The van der Waals surface area contributed by atoms with Gasteiger partial charge in [0.05, 0.1) is 25.3 Å². The molecule has 86 valence electrons. The van der Waals surface area contributed by atoms with E-state index in [4.69, 9.17) is 9.47 Å². The van der Waals surface area contributed by atoms with Gasteiger partial charge in [-0.15, -0.1) is 0 Å². The van der Waals surface area contributed by atoms with Gasteiger partial charge in [-0.05, 0) is 12.1 Å². The van der Waals surface area contributed by atoms with Crippen molar-refractivity contribution in [3.05, 3.63) is 23.8 Å². The van der Waals surface area contributed by atoms with Crippen LogP contribution in [-0.4, -0.2) is 24.9 Å². The molecule has 0 saturated carbocycles. The van der Waals surface area contributed by atoms with E-state index in [1.54, 1.807) is 18.2 Å². The average Bonchev–Trinajstić information content (AvgIpc) is 2.28. The number of cyclic esters (lactones) is 1. The quantitative estimate of drug-likeness (QED) is 0.798. The largest absolute Gasteiger partial charge is 0.507 e. The van der Waals surface area contributed by atoms with Crippen molar-refractivity contribution in [2.75, 3.05) is 13.7 Å². The van der Waals surface area contributed by atoms with E-state index >= 15 is 0 Å². The first-order valence-electron chi connectivity index (χ1n) is 5.01. The first kappa shape index (κ1) is 10.6. The lowest BCUT2D eigenvalue weighted by Crippen LogP contribution is -2.35. The maximum Gasteiger partial charge on any atom is 0.407 e. The SMILES string of the molecule is COc1cccc(O)c1[C@@H]1CCOC(=O)N1. The molecule has 1 amide bonds. The van der Waals surface area contributed by atoms with E-state index < -0.39 is 6.09 Å². The summed E-state index contributed by atoms with van der Waals surface area (Å²) >= 11 is 0. The lowest BCUT2D eigenvalue weighted by Gasteiger charge is -2.25. The van der Waals surface area contributed by atoms with Crippen LogP contribution in [0, 0.1) is 0 Å². The number of carbonyl (C=O) groups is 1. The second-order valence-corrected chi connectivity index (χ2v) is 3.51. The fourth-order valence-corrected chi connectivity index (χ4v) is 1.80. The first-order valence-corrected chi connectivity index (χ1v) is 5.01. The summed E-state index contributed by atoms with van der Waals surface area (Å²) in [6.45, 7) is 0.341. The topological polar surface area (TPSA) is 67.8 Å². The molecule has 2 rings (SSSR count). The summed E-state index contributed by atoms with van der Waals surface area (Å²) in [4.78, 5) is 11.1. The van der Waals surface area contributed by atoms with E-state index in [1.807, 2.05) is 0 Å². The van der Waals surface area contributed by atoms with Crippen LogP contribution in [0.4, 0.5) is 4.79 Å². The molecule has 0 bridgehead atoms. The normalized spacial score (nSPS) is 19.8. The lowest BCUT2D eigenvalue weighted by molar-refractivity contribution is 0.114. The highest BCUT2D eigenvalue weighted by molar-refractivity contribution is 5.69. The number of rotatable bonds is 2. The van der Waals surface area contributed by atoms with Crippen LogP contribution in [0.25, 0.3) is 0 Å². The van der Waals surface area contributed by atoms with Gasteiger partial charge in [-0.2, -0.15) is 0 Å². The second-order valence-electron chi connectivity index (χ2n) is 3.51. The maximum absolute atomic E-state index is 11.1. The summed E-state index contributed by atoms with van der Waals surface area (Å²) in [5.41, 5.74) is 0.599. The standard InChI is InChI=1S/C11H13NO4/c1-15-9-4-2-3-8(13)10(9)7-5-6-16-11(14)12-7/h2-4,7,13H,5-6H2,1H3,(H,12,14)/t7-/m0/s1. The van der Waals surface area contributed by atoms with Crippen molar-refractivity contribution in [3.63, 3.8) is 0 Å². The van der Waals surface area contributed by atoms with Crippen molar-refractivity contribution in [2.24, 2.45) is 0 Å². The summed E-state index contributed by atoms with van der Waals surface area (Å²) < 4.78 is 9.93. The monoisotopic (exact) mass is 223 g/mol. The third-order valence-electron chi connectivity index (χ3n) is 2.54. The van der Waals surface area contributed by atoms with Crippen molar-refractivity contribution in [2.45, 2.75) is 12.5 Å². The Hall–Kier alpha value is -1.91. The molecule has 5 heteroatoms. The van der Waals surface area contributed by atoms with Crippen molar-refractivity contribution in [1.29, 1.82) is 0 Å². The van der Waals surface area contributed by atoms with Crippen LogP contribution >= 0.6 is 0 Å². The number of nitrogens with one attached hydrogen (secondary N) is 1. The third kappa shape index (κ3) is 1.88. The maximum atomic E-state index is 11.1. The minimum absolute atomic E-state index is 0.117. The van der Waals surface area contributed by atoms with Gasteiger partial charge in [0.1, 0.15) is 11.5 Å². The summed E-state index contributed by atoms with van der Waals surface area (Å²) in [5.74, 6) is 0.679. The fraction of sp³-hybridized carbons (Fsp3) is 0.364. The molecule has 0 radical (unpaired) electrons. The van der Waals surface area contributed by atoms with Crippen LogP contribution in [0.5, 0.6) is 11.5 Å². The van der Waals surface area contributed by atoms with Crippen LogP contribution in [-0.2, 0) is 4.74 Å². The second kappa shape index (κ2) is 4.30. The molecule has 0 spiro atoms. The summed E-state index contributed by atoms with van der Waals surface area (Å²) in [6, 6.07) is 4.74. The van der Waals surface area contributed by atoms with Crippen LogP contribution in [0.1, 0.15) is 18.0 Å². The molecule has 1 heterocycles. The van der Waals surface area contributed by atoms with Gasteiger partial charge >= 0.3 is 6.09 Å². The van der Waals surface area contributed by atoms with E-state index in [9.17, 15) is 9.90 Å². The van der Waals surface area contributed by atoms with E-state index in [-0.39, 0.29) is 11.8 Å². The van der Waals surface area contributed by atoms with Gasteiger partial charge < -0.3 is 19.9 Å². The Labute approximate surface area is 93.0 Å². The number of methoxy groups -OCH3 is 1. The predicted octanol–water partition coefficient (Wildman–Crippen LogP) is 1.57. The van der Waals surface area contributed by atoms with Crippen LogP contribution in [0.15, 0.2) is 18.2 Å². The Morgan fingerprint density at radius 3 is 3.06 bits per heavy atom. The molecular formula is C11H13NO4. The Kier molecular flexibility index (Phi) is 2.85.